The third-order valence-corrected chi connectivity index (χ3v) is 3.68. The number of benzene rings is 2. The van der Waals surface area contributed by atoms with Gasteiger partial charge in [-0.05, 0) is 32.0 Å². The second kappa shape index (κ2) is 7.27. The lowest BCUT2D eigenvalue weighted by atomic mass is 10.1. The predicted molar refractivity (Wildman–Crippen MR) is 93.6 cm³/mol. The van der Waals surface area contributed by atoms with E-state index >= 15 is 0 Å². The van der Waals surface area contributed by atoms with Crippen LogP contribution in [-0.4, -0.2) is 27.9 Å². The van der Waals surface area contributed by atoms with Gasteiger partial charge in [-0.1, -0.05) is 47.1 Å². The summed E-state index contributed by atoms with van der Waals surface area (Å²) < 4.78 is 5.41. The fourth-order valence-corrected chi connectivity index (χ4v) is 2.60. The van der Waals surface area contributed by atoms with Gasteiger partial charge in [0.15, 0.2) is 0 Å². The molecular weight excluding hydrogens is 302 g/mol. The van der Waals surface area contributed by atoms with Gasteiger partial charge in [-0.3, -0.25) is 0 Å². The minimum atomic E-state index is -0.454. The lowest BCUT2D eigenvalue weighted by Crippen LogP contribution is -2.30. The molecule has 2 aromatic carbocycles. The minimum Gasteiger partial charge on any atom is -0.392 e. The molecule has 0 fully saturated rings. The van der Waals surface area contributed by atoms with Gasteiger partial charge in [0.05, 0.1) is 12.6 Å². The number of aliphatic hydroxyl groups is 1. The number of rotatable bonds is 6. The molecule has 0 spiro atoms. The number of hydrogen-bond acceptors (Lipinski definition) is 5. The van der Waals surface area contributed by atoms with E-state index in [1.807, 2.05) is 66.4 Å². The van der Waals surface area contributed by atoms with Crippen molar-refractivity contribution in [1.82, 2.24) is 10.1 Å². The van der Waals surface area contributed by atoms with Crippen molar-refractivity contribution in [2.75, 3.05) is 11.4 Å². The normalized spacial score (nSPS) is 12.1. The summed E-state index contributed by atoms with van der Waals surface area (Å²) in [6.45, 7) is 4.74. The molecule has 0 saturated heterocycles. The Morgan fingerprint density at radius 2 is 1.92 bits per heavy atom. The van der Waals surface area contributed by atoms with Crippen LogP contribution in [0.5, 0.6) is 0 Å². The molecule has 0 aliphatic rings. The van der Waals surface area contributed by atoms with Gasteiger partial charge in [0.1, 0.15) is 0 Å². The summed E-state index contributed by atoms with van der Waals surface area (Å²) in [5.41, 5.74) is 3.10. The molecule has 5 heteroatoms. The highest BCUT2D eigenvalue weighted by Gasteiger charge is 2.15. The first-order valence-electron chi connectivity index (χ1n) is 7.99. The van der Waals surface area contributed by atoms with Gasteiger partial charge >= 0.3 is 0 Å². The molecule has 1 aromatic heterocycles. The van der Waals surface area contributed by atoms with Crippen LogP contribution in [0.25, 0.3) is 11.4 Å². The van der Waals surface area contributed by atoms with E-state index in [1.54, 1.807) is 6.92 Å². The van der Waals surface area contributed by atoms with Crippen molar-refractivity contribution in [3.05, 3.63) is 66.1 Å². The first kappa shape index (κ1) is 16.2. The van der Waals surface area contributed by atoms with Crippen LogP contribution in [0, 0.1) is 6.92 Å². The van der Waals surface area contributed by atoms with E-state index in [4.69, 9.17) is 4.52 Å². The van der Waals surface area contributed by atoms with Crippen molar-refractivity contribution in [3.63, 3.8) is 0 Å². The fraction of sp³-hybridized carbons (Fsp3) is 0.263. The zero-order chi connectivity index (χ0) is 16.9. The van der Waals surface area contributed by atoms with E-state index in [1.165, 1.54) is 0 Å². The molecule has 24 heavy (non-hydrogen) atoms. The smallest absolute Gasteiger partial charge is 0.246 e. The van der Waals surface area contributed by atoms with Gasteiger partial charge < -0.3 is 14.5 Å². The molecule has 1 N–H and O–H groups in total. The van der Waals surface area contributed by atoms with Crippen molar-refractivity contribution in [1.29, 1.82) is 0 Å². The number of anilines is 1. The highest BCUT2D eigenvalue weighted by Crippen LogP contribution is 2.20. The maximum absolute atomic E-state index is 9.77. The van der Waals surface area contributed by atoms with E-state index in [0.29, 0.717) is 24.8 Å². The lowest BCUT2D eigenvalue weighted by molar-refractivity contribution is 0.198. The lowest BCUT2D eigenvalue weighted by Gasteiger charge is -2.24. The van der Waals surface area contributed by atoms with E-state index in [9.17, 15) is 5.11 Å². The largest absolute Gasteiger partial charge is 0.392 e. The number of aliphatic hydroxyl groups excluding tert-OH is 1. The Balaban J connectivity index is 1.81. The van der Waals surface area contributed by atoms with Gasteiger partial charge in [-0.2, -0.15) is 4.98 Å². The third-order valence-electron chi connectivity index (χ3n) is 3.68. The van der Waals surface area contributed by atoms with Crippen LogP contribution >= 0.6 is 0 Å². The highest BCUT2D eigenvalue weighted by molar-refractivity contribution is 5.55. The van der Waals surface area contributed by atoms with Crippen LogP contribution in [0.1, 0.15) is 18.4 Å². The summed E-state index contributed by atoms with van der Waals surface area (Å²) in [7, 11) is 0. The summed E-state index contributed by atoms with van der Waals surface area (Å²) in [5.74, 6) is 1.11. The summed E-state index contributed by atoms with van der Waals surface area (Å²) >= 11 is 0. The van der Waals surface area contributed by atoms with Crippen molar-refractivity contribution in [3.8, 4) is 11.4 Å². The number of para-hydroxylation sites is 1. The summed E-state index contributed by atoms with van der Waals surface area (Å²) in [4.78, 5) is 6.52. The van der Waals surface area contributed by atoms with Gasteiger partial charge in [-0.25, -0.2) is 0 Å². The number of hydrogen-bond donors (Lipinski definition) is 1. The zero-order valence-electron chi connectivity index (χ0n) is 13.9. The highest BCUT2D eigenvalue weighted by atomic mass is 16.5. The van der Waals surface area contributed by atoms with E-state index < -0.39 is 6.10 Å². The molecule has 0 saturated carbocycles. The second-order valence-electron chi connectivity index (χ2n) is 5.95. The van der Waals surface area contributed by atoms with Crippen molar-refractivity contribution < 1.29 is 9.63 Å². The topological polar surface area (TPSA) is 62.4 Å². The molecule has 3 aromatic rings. The molecule has 0 aliphatic heterocycles. The molecule has 1 atom stereocenters. The molecule has 0 unspecified atom stereocenters. The summed E-state index contributed by atoms with van der Waals surface area (Å²) in [5, 5.41) is 13.8. The second-order valence-corrected chi connectivity index (χ2v) is 5.95. The average molecular weight is 323 g/mol. The Labute approximate surface area is 141 Å². The van der Waals surface area contributed by atoms with E-state index in [-0.39, 0.29) is 0 Å². The van der Waals surface area contributed by atoms with Crippen molar-refractivity contribution in [2.45, 2.75) is 26.5 Å². The van der Waals surface area contributed by atoms with Gasteiger partial charge in [0.25, 0.3) is 0 Å². The van der Waals surface area contributed by atoms with Crippen molar-refractivity contribution >= 4 is 5.69 Å². The van der Waals surface area contributed by atoms with Gasteiger partial charge in [-0.15, -0.1) is 0 Å². The molecule has 124 valence electrons. The Kier molecular flexibility index (Phi) is 4.91. The molecule has 3 rings (SSSR count). The van der Waals surface area contributed by atoms with Crippen LogP contribution in [0.3, 0.4) is 0 Å². The molecule has 0 aliphatic carbocycles. The standard InChI is InChI=1S/C19H21N3O2/c1-14-7-6-8-16(11-14)19-20-18(24-21-19)13-22(12-15(2)23)17-9-4-3-5-10-17/h3-11,15,23H,12-13H2,1-2H3/t15-/m1/s1. The van der Waals surface area contributed by atoms with Crippen LogP contribution in [0.4, 0.5) is 5.69 Å². The SMILES string of the molecule is Cc1cccc(-c2noc(CN(C[C@@H](C)O)c3ccccc3)n2)c1. The van der Waals surface area contributed by atoms with Gasteiger partial charge in [0.2, 0.25) is 11.7 Å². The number of aromatic nitrogens is 2. The predicted octanol–water partition coefficient (Wildman–Crippen LogP) is 3.43. The zero-order valence-corrected chi connectivity index (χ0v) is 13.9. The number of nitrogens with zero attached hydrogens (tertiary/aromatic N) is 3. The average Bonchev–Trinajstić information content (AvgIpc) is 3.03. The quantitative estimate of drug-likeness (QED) is 0.753. The Morgan fingerprint density at radius 1 is 1.12 bits per heavy atom. The monoisotopic (exact) mass is 323 g/mol. The van der Waals surface area contributed by atoms with Crippen LogP contribution < -0.4 is 4.90 Å². The molecule has 0 amide bonds. The Morgan fingerprint density at radius 3 is 2.62 bits per heavy atom. The maximum Gasteiger partial charge on any atom is 0.246 e. The molecule has 1 heterocycles. The van der Waals surface area contributed by atoms with Crippen LogP contribution in [0.15, 0.2) is 59.1 Å². The first-order chi connectivity index (χ1) is 11.6. The van der Waals surface area contributed by atoms with Crippen LogP contribution in [0.2, 0.25) is 0 Å². The minimum absolute atomic E-state index is 0.452. The summed E-state index contributed by atoms with van der Waals surface area (Å²) in [6.07, 6.45) is -0.454. The van der Waals surface area contributed by atoms with Crippen molar-refractivity contribution in [2.24, 2.45) is 0 Å². The summed E-state index contributed by atoms with van der Waals surface area (Å²) in [6, 6.07) is 17.9. The van der Waals surface area contributed by atoms with E-state index in [0.717, 1.165) is 16.8 Å². The maximum atomic E-state index is 9.77. The number of aryl methyl sites for hydroxylation is 1. The molecule has 5 nitrogen and oxygen atoms in total. The Bertz CT molecular complexity index is 784. The molecule has 0 bridgehead atoms. The van der Waals surface area contributed by atoms with Crippen LogP contribution in [-0.2, 0) is 6.54 Å². The fourth-order valence-electron chi connectivity index (χ4n) is 2.60. The van der Waals surface area contributed by atoms with E-state index in [2.05, 4.69) is 10.1 Å². The third kappa shape index (κ3) is 4.00. The molecule has 0 radical (unpaired) electrons. The first-order valence-corrected chi connectivity index (χ1v) is 7.99. The Hall–Kier alpha value is -2.66. The molecular formula is C19H21N3O2. The van der Waals surface area contributed by atoms with Gasteiger partial charge in [0, 0.05) is 17.8 Å².